The van der Waals surface area contributed by atoms with E-state index in [9.17, 15) is 18.5 Å². The Balaban J connectivity index is 3.12. The number of aryl methyl sites for hydroxylation is 1. The molecule has 0 fully saturated rings. The zero-order valence-electron chi connectivity index (χ0n) is 11.2. The standard InChI is InChI=1S/C12H18N2O5S/c1-2-3-4-5-6-9-7-10(13)12(20(17,18)19)8-11(9)14(15)16/h7-8H,2-6,13H2,1H3,(H,17,18,19). The molecule has 0 amide bonds. The molecular formula is C12H18N2O5S. The van der Waals surface area contributed by atoms with E-state index in [1.54, 1.807) is 0 Å². The molecule has 0 bridgehead atoms. The van der Waals surface area contributed by atoms with Crippen molar-refractivity contribution >= 4 is 21.5 Å². The van der Waals surface area contributed by atoms with Crippen molar-refractivity contribution < 1.29 is 17.9 Å². The zero-order valence-corrected chi connectivity index (χ0v) is 12.0. The highest BCUT2D eigenvalue weighted by Crippen LogP contribution is 2.29. The highest BCUT2D eigenvalue weighted by atomic mass is 32.2. The highest BCUT2D eigenvalue weighted by molar-refractivity contribution is 7.86. The van der Waals surface area contributed by atoms with Gasteiger partial charge in [0.15, 0.2) is 0 Å². The molecule has 0 spiro atoms. The van der Waals surface area contributed by atoms with Crippen LogP contribution in [0.15, 0.2) is 17.0 Å². The molecule has 0 atom stereocenters. The minimum Gasteiger partial charge on any atom is -0.398 e. The van der Waals surface area contributed by atoms with Gasteiger partial charge in [-0.25, -0.2) is 0 Å². The van der Waals surface area contributed by atoms with Crippen LogP contribution in [0.4, 0.5) is 11.4 Å². The van der Waals surface area contributed by atoms with Gasteiger partial charge in [0.05, 0.1) is 10.6 Å². The highest BCUT2D eigenvalue weighted by Gasteiger charge is 2.22. The number of benzene rings is 1. The summed E-state index contributed by atoms with van der Waals surface area (Å²) in [7, 11) is -4.56. The number of nitrogens with two attached hydrogens (primary N) is 1. The maximum absolute atomic E-state index is 11.1. The second-order valence-corrected chi connectivity index (χ2v) is 5.95. The SMILES string of the molecule is CCCCCCc1cc(N)c(S(=O)(=O)O)cc1[N+](=O)[O-]. The smallest absolute Gasteiger partial charge is 0.296 e. The second-order valence-electron chi connectivity index (χ2n) is 4.56. The molecule has 1 aromatic carbocycles. The van der Waals surface area contributed by atoms with Crippen LogP contribution in [0.5, 0.6) is 0 Å². The van der Waals surface area contributed by atoms with E-state index in [2.05, 4.69) is 6.92 Å². The number of unbranched alkanes of at least 4 members (excludes halogenated alkanes) is 3. The van der Waals surface area contributed by atoms with E-state index in [1.165, 1.54) is 6.07 Å². The Kier molecular flexibility index (Phi) is 5.46. The van der Waals surface area contributed by atoms with E-state index in [4.69, 9.17) is 10.3 Å². The van der Waals surface area contributed by atoms with E-state index < -0.39 is 19.9 Å². The Hall–Kier alpha value is -1.67. The fourth-order valence-corrected chi connectivity index (χ4v) is 2.59. The predicted molar refractivity (Wildman–Crippen MR) is 75.2 cm³/mol. The Morgan fingerprint density at radius 2 is 1.95 bits per heavy atom. The van der Waals surface area contributed by atoms with Gasteiger partial charge in [-0.3, -0.25) is 14.7 Å². The van der Waals surface area contributed by atoms with Gasteiger partial charge in [0.1, 0.15) is 4.90 Å². The molecule has 8 heteroatoms. The number of anilines is 1. The van der Waals surface area contributed by atoms with Gasteiger partial charge in [0.25, 0.3) is 15.8 Å². The molecule has 0 aliphatic heterocycles. The average molecular weight is 302 g/mol. The maximum Gasteiger partial charge on any atom is 0.296 e. The van der Waals surface area contributed by atoms with Gasteiger partial charge < -0.3 is 5.73 Å². The fraction of sp³-hybridized carbons (Fsp3) is 0.500. The Labute approximate surface area is 117 Å². The molecule has 7 nitrogen and oxygen atoms in total. The van der Waals surface area contributed by atoms with Crippen molar-refractivity contribution in [2.75, 3.05) is 5.73 Å². The minimum absolute atomic E-state index is 0.177. The van der Waals surface area contributed by atoms with Gasteiger partial charge in [-0.2, -0.15) is 8.42 Å². The largest absolute Gasteiger partial charge is 0.398 e. The van der Waals surface area contributed by atoms with E-state index in [0.717, 1.165) is 31.7 Å². The van der Waals surface area contributed by atoms with E-state index in [1.807, 2.05) is 0 Å². The molecule has 0 heterocycles. The van der Waals surface area contributed by atoms with Gasteiger partial charge in [0.2, 0.25) is 0 Å². The zero-order chi connectivity index (χ0) is 15.3. The van der Waals surface area contributed by atoms with E-state index in [0.29, 0.717) is 12.0 Å². The molecular weight excluding hydrogens is 284 g/mol. The predicted octanol–water partition coefficient (Wildman–Crippen LogP) is 2.55. The third-order valence-electron chi connectivity index (χ3n) is 2.99. The van der Waals surface area contributed by atoms with Crippen molar-refractivity contribution in [3.05, 3.63) is 27.8 Å². The lowest BCUT2D eigenvalue weighted by atomic mass is 10.0. The molecule has 0 aliphatic rings. The van der Waals surface area contributed by atoms with Crippen LogP contribution >= 0.6 is 0 Å². The summed E-state index contributed by atoms with van der Waals surface area (Å²) in [5.74, 6) is 0. The van der Waals surface area contributed by atoms with Crippen molar-refractivity contribution in [1.29, 1.82) is 0 Å². The lowest BCUT2D eigenvalue weighted by Gasteiger charge is -2.07. The summed E-state index contributed by atoms with van der Waals surface area (Å²) < 4.78 is 31.2. The molecule has 0 aromatic heterocycles. The molecule has 3 N–H and O–H groups in total. The van der Waals surface area contributed by atoms with E-state index >= 15 is 0 Å². The number of hydrogen-bond acceptors (Lipinski definition) is 5. The number of nitrogen functional groups attached to an aromatic ring is 1. The minimum atomic E-state index is -4.56. The van der Waals surface area contributed by atoms with Crippen molar-refractivity contribution in [3.8, 4) is 0 Å². The second kappa shape index (κ2) is 6.67. The molecule has 0 radical (unpaired) electrons. The molecule has 1 rings (SSSR count). The first-order valence-electron chi connectivity index (χ1n) is 6.31. The molecule has 0 aliphatic carbocycles. The molecule has 0 saturated carbocycles. The molecule has 0 unspecified atom stereocenters. The first-order valence-corrected chi connectivity index (χ1v) is 7.75. The number of hydrogen-bond donors (Lipinski definition) is 2. The lowest BCUT2D eigenvalue weighted by molar-refractivity contribution is -0.385. The Morgan fingerprint density at radius 3 is 2.45 bits per heavy atom. The van der Waals surface area contributed by atoms with Crippen LogP contribution in [-0.2, 0) is 16.5 Å². The van der Waals surface area contributed by atoms with Crippen molar-refractivity contribution in [3.63, 3.8) is 0 Å². The number of nitrogens with zero attached hydrogens (tertiary/aromatic N) is 1. The summed E-state index contributed by atoms with van der Waals surface area (Å²) in [6.45, 7) is 2.06. The number of nitro benzene ring substituents is 1. The molecule has 112 valence electrons. The third kappa shape index (κ3) is 4.17. The first-order chi connectivity index (χ1) is 9.27. The van der Waals surface area contributed by atoms with Gasteiger partial charge in [-0.1, -0.05) is 26.2 Å². The van der Waals surface area contributed by atoms with Crippen LogP contribution < -0.4 is 5.73 Å². The lowest BCUT2D eigenvalue weighted by Crippen LogP contribution is -2.06. The normalized spacial score (nSPS) is 11.5. The Bertz CT molecular complexity index is 598. The summed E-state index contributed by atoms with van der Waals surface area (Å²) in [6, 6.07) is 2.08. The van der Waals surface area contributed by atoms with Crippen LogP contribution in [0.3, 0.4) is 0 Å². The topological polar surface area (TPSA) is 124 Å². The van der Waals surface area contributed by atoms with Crippen molar-refractivity contribution in [2.45, 2.75) is 43.9 Å². The summed E-state index contributed by atoms with van der Waals surface area (Å²) in [5.41, 5.74) is 5.42. The summed E-state index contributed by atoms with van der Waals surface area (Å²) in [5, 5.41) is 11.0. The molecule has 0 saturated heterocycles. The van der Waals surface area contributed by atoms with Crippen LogP contribution in [0.2, 0.25) is 0 Å². The molecule has 1 aromatic rings. The van der Waals surface area contributed by atoms with Crippen molar-refractivity contribution in [2.24, 2.45) is 0 Å². The molecule has 20 heavy (non-hydrogen) atoms. The third-order valence-corrected chi connectivity index (χ3v) is 3.89. The number of rotatable bonds is 7. The van der Waals surface area contributed by atoms with Gasteiger partial charge in [0, 0.05) is 11.6 Å². The van der Waals surface area contributed by atoms with Gasteiger partial charge >= 0.3 is 0 Å². The Morgan fingerprint density at radius 1 is 1.30 bits per heavy atom. The average Bonchev–Trinajstić information content (AvgIpc) is 2.32. The summed E-state index contributed by atoms with van der Waals surface area (Å²) in [4.78, 5) is 9.70. The summed E-state index contributed by atoms with van der Waals surface area (Å²) >= 11 is 0. The van der Waals surface area contributed by atoms with Crippen molar-refractivity contribution in [1.82, 2.24) is 0 Å². The van der Waals surface area contributed by atoms with Crippen LogP contribution in [-0.4, -0.2) is 17.9 Å². The van der Waals surface area contributed by atoms with Gasteiger partial charge in [-0.15, -0.1) is 0 Å². The van der Waals surface area contributed by atoms with Crippen LogP contribution in [0.1, 0.15) is 38.2 Å². The van der Waals surface area contributed by atoms with Crippen LogP contribution in [0, 0.1) is 10.1 Å². The maximum atomic E-state index is 11.1. The monoisotopic (exact) mass is 302 g/mol. The van der Waals surface area contributed by atoms with E-state index in [-0.39, 0.29) is 11.4 Å². The van der Waals surface area contributed by atoms with Crippen LogP contribution in [0.25, 0.3) is 0 Å². The number of nitro groups is 1. The fourth-order valence-electron chi connectivity index (χ4n) is 1.97. The quantitative estimate of drug-likeness (QED) is 0.262. The first kappa shape index (κ1) is 16.4. The van der Waals surface area contributed by atoms with Gasteiger partial charge in [-0.05, 0) is 18.9 Å². The summed E-state index contributed by atoms with van der Waals surface area (Å²) in [6.07, 6.45) is 4.23.